The van der Waals surface area contributed by atoms with E-state index in [0.717, 1.165) is 12.8 Å². The maximum absolute atomic E-state index is 11.9. The Bertz CT molecular complexity index is 487. The van der Waals surface area contributed by atoms with Gasteiger partial charge in [-0.05, 0) is 43.2 Å². The number of carbonyl (C=O) groups is 1. The monoisotopic (exact) mass is 309 g/mol. The second kappa shape index (κ2) is 7.17. The van der Waals surface area contributed by atoms with Crippen LogP contribution >= 0.6 is 11.6 Å². The van der Waals surface area contributed by atoms with Crippen LogP contribution in [0.25, 0.3) is 0 Å². The first-order valence-corrected chi connectivity index (χ1v) is 8.01. The van der Waals surface area contributed by atoms with Gasteiger partial charge in [0.2, 0.25) is 5.91 Å². The van der Waals surface area contributed by atoms with Crippen molar-refractivity contribution in [3.63, 3.8) is 0 Å². The van der Waals surface area contributed by atoms with Crippen LogP contribution in [0.3, 0.4) is 0 Å². The zero-order valence-corrected chi connectivity index (χ0v) is 13.6. The van der Waals surface area contributed by atoms with Crippen molar-refractivity contribution in [2.24, 2.45) is 5.41 Å². The van der Waals surface area contributed by atoms with E-state index in [9.17, 15) is 4.79 Å². The predicted octanol–water partition coefficient (Wildman–Crippen LogP) is 4.19. The van der Waals surface area contributed by atoms with Gasteiger partial charge in [0, 0.05) is 12.5 Å². The Morgan fingerprint density at radius 2 is 2.19 bits per heavy atom. The highest BCUT2D eigenvalue weighted by molar-refractivity contribution is 6.32. The van der Waals surface area contributed by atoms with Crippen LogP contribution in [0.5, 0.6) is 5.75 Å². The highest BCUT2D eigenvalue weighted by atomic mass is 35.5. The molecule has 1 aliphatic rings. The van der Waals surface area contributed by atoms with Crippen molar-refractivity contribution in [3.8, 4) is 5.75 Å². The van der Waals surface area contributed by atoms with Crippen molar-refractivity contribution in [1.29, 1.82) is 0 Å². The summed E-state index contributed by atoms with van der Waals surface area (Å²) in [5.74, 6) is 0.803. The van der Waals surface area contributed by atoms with Gasteiger partial charge >= 0.3 is 0 Å². The lowest BCUT2D eigenvalue weighted by Crippen LogP contribution is -2.33. The number of ether oxygens (including phenoxy) is 1. The smallest absolute Gasteiger partial charge is 0.220 e. The van der Waals surface area contributed by atoms with Crippen molar-refractivity contribution in [3.05, 3.63) is 29.3 Å². The minimum Gasteiger partial charge on any atom is -0.492 e. The van der Waals surface area contributed by atoms with E-state index in [2.05, 4.69) is 19.2 Å². The molecule has 0 aromatic heterocycles. The summed E-state index contributed by atoms with van der Waals surface area (Å²) in [6.45, 7) is 5.03. The number of hydrogen-bond acceptors (Lipinski definition) is 2. The minimum absolute atomic E-state index is 0.125. The summed E-state index contributed by atoms with van der Waals surface area (Å²) in [5, 5.41) is 3.73. The molecule has 4 heteroatoms. The Labute approximate surface area is 132 Å². The van der Waals surface area contributed by atoms with Gasteiger partial charge in [0.15, 0.2) is 0 Å². The molecular formula is C17H24ClNO2. The zero-order valence-electron chi connectivity index (χ0n) is 12.8. The van der Waals surface area contributed by atoms with Crippen LogP contribution in [-0.4, -0.2) is 18.6 Å². The number of halogens is 1. The lowest BCUT2D eigenvalue weighted by atomic mass is 9.92. The summed E-state index contributed by atoms with van der Waals surface area (Å²) in [4.78, 5) is 11.9. The third-order valence-corrected chi connectivity index (χ3v) is 4.29. The van der Waals surface area contributed by atoms with Gasteiger partial charge in [0.05, 0.1) is 11.6 Å². The number of nitrogens with one attached hydrogen (secondary N) is 1. The molecule has 1 amide bonds. The average Bonchev–Trinajstić information content (AvgIpc) is 2.76. The van der Waals surface area contributed by atoms with Crippen molar-refractivity contribution >= 4 is 17.5 Å². The fourth-order valence-corrected chi connectivity index (χ4v) is 3.03. The maximum Gasteiger partial charge on any atom is 0.220 e. The molecule has 0 saturated heterocycles. The number of amides is 1. The number of para-hydroxylation sites is 1. The van der Waals surface area contributed by atoms with E-state index in [1.54, 1.807) is 6.07 Å². The van der Waals surface area contributed by atoms with Crippen molar-refractivity contribution in [2.75, 3.05) is 6.61 Å². The largest absolute Gasteiger partial charge is 0.492 e. The van der Waals surface area contributed by atoms with Crippen molar-refractivity contribution < 1.29 is 9.53 Å². The van der Waals surface area contributed by atoms with E-state index >= 15 is 0 Å². The van der Waals surface area contributed by atoms with Crippen LogP contribution in [0.1, 0.15) is 46.0 Å². The van der Waals surface area contributed by atoms with Crippen LogP contribution < -0.4 is 10.1 Å². The lowest BCUT2D eigenvalue weighted by Gasteiger charge is -2.17. The molecule has 1 aliphatic carbocycles. The predicted molar refractivity (Wildman–Crippen MR) is 85.7 cm³/mol. The third-order valence-electron chi connectivity index (χ3n) is 3.98. The Hall–Kier alpha value is -1.22. The lowest BCUT2D eigenvalue weighted by molar-refractivity contribution is -0.122. The van der Waals surface area contributed by atoms with Crippen molar-refractivity contribution in [1.82, 2.24) is 5.32 Å². The molecule has 116 valence electrons. The number of hydrogen-bond donors (Lipinski definition) is 1. The molecule has 1 saturated carbocycles. The summed E-state index contributed by atoms with van der Waals surface area (Å²) < 4.78 is 5.58. The molecule has 1 atom stereocenters. The Morgan fingerprint density at radius 1 is 1.43 bits per heavy atom. The van der Waals surface area contributed by atoms with Crippen LogP contribution in [0.2, 0.25) is 5.02 Å². The molecule has 0 aliphatic heterocycles. The van der Waals surface area contributed by atoms with Gasteiger partial charge < -0.3 is 10.1 Å². The standard InChI is InChI=1S/C17H24ClNO2/c1-17(2)10-9-13(12-17)19-16(20)8-5-11-21-15-7-4-3-6-14(15)18/h3-4,6-7,13H,5,8-12H2,1-2H3,(H,19,20). The third kappa shape index (κ3) is 5.24. The summed E-state index contributed by atoms with van der Waals surface area (Å²) in [5.41, 5.74) is 0.366. The van der Waals surface area contributed by atoms with Crippen LogP contribution in [0.15, 0.2) is 24.3 Å². The number of benzene rings is 1. The van der Waals surface area contributed by atoms with Crippen molar-refractivity contribution in [2.45, 2.75) is 52.0 Å². The molecule has 3 nitrogen and oxygen atoms in total. The van der Waals surface area contributed by atoms with Gasteiger partial charge in [-0.3, -0.25) is 4.79 Å². The molecule has 1 N–H and O–H groups in total. The van der Waals surface area contributed by atoms with E-state index in [4.69, 9.17) is 16.3 Å². The fourth-order valence-electron chi connectivity index (χ4n) is 2.84. The van der Waals surface area contributed by atoms with Gasteiger partial charge in [-0.25, -0.2) is 0 Å². The first-order valence-electron chi connectivity index (χ1n) is 7.63. The summed E-state index contributed by atoms with van der Waals surface area (Å²) in [6.07, 6.45) is 4.56. The normalized spacial score (nSPS) is 20.2. The molecule has 1 fully saturated rings. The van der Waals surface area contributed by atoms with E-state index in [0.29, 0.717) is 41.7 Å². The van der Waals surface area contributed by atoms with Crippen LogP contribution in [-0.2, 0) is 4.79 Å². The van der Waals surface area contributed by atoms with E-state index in [-0.39, 0.29) is 5.91 Å². The molecular weight excluding hydrogens is 286 g/mol. The molecule has 1 aromatic rings. The number of rotatable bonds is 6. The van der Waals surface area contributed by atoms with Gasteiger partial charge in [0.1, 0.15) is 5.75 Å². The molecule has 1 unspecified atom stereocenters. The molecule has 1 aromatic carbocycles. The molecule has 0 bridgehead atoms. The minimum atomic E-state index is 0.125. The maximum atomic E-state index is 11.9. The SMILES string of the molecule is CC1(C)CCC(NC(=O)CCCOc2ccccc2Cl)C1. The number of carbonyl (C=O) groups excluding carboxylic acids is 1. The Morgan fingerprint density at radius 3 is 2.86 bits per heavy atom. The molecule has 0 radical (unpaired) electrons. The van der Waals surface area contributed by atoms with Gasteiger partial charge in [-0.1, -0.05) is 37.6 Å². The summed E-state index contributed by atoms with van der Waals surface area (Å²) >= 11 is 6.00. The van der Waals surface area contributed by atoms with Gasteiger partial charge in [0.25, 0.3) is 0 Å². The Kier molecular flexibility index (Phi) is 5.51. The summed E-state index contributed by atoms with van der Waals surface area (Å²) in [6, 6.07) is 7.73. The quantitative estimate of drug-likeness (QED) is 0.800. The first-order chi connectivity index (χ1) is 9.96. The van der Waals surface area contributed by atoms with E-state index in [1.807, 2.05) is 18.2 Å². The first kappa shape index (κ1) is 16.2. The molecule has 2 rings (SSSR count). The summed E-state index contributed by atoms with van der Waals surface area (Å²) in [7, 11) is 0. The zero-order chi connectivity index (χ0) is 15.3. The van der Waals surface area contributed by atoms with Crippen LogP contribution in [0, 0.1) is 5.41 Å². The van der Waals surface area contributed by atoms with Gasteiger partial charge in [-0.15, -0.1) is 0 Å². The van der Waals surface area contributed by atoms with Gasteiger partial charge in [-0.2, -0.15) is 0 Å². The second-order valence-corrected chi connectivity index (χ2v) is 6.96. The highest BCUT2D eigenvalue weighted by Gasteiger charge is 2.31. The molecule has 0 heterocycles. The highest BCUT2D eigenvalue weighted by Crippen LogP contribution is 2.36. The Balaban J connectivity index is 1.63. The molecule has 21 heavy (non-hydrogen) atoms. The topological polar surface area (TPSA) is 38.3 Å². The second-order valence-electron chi connectivity index (χ2n) is 6.55. The average molecular weight is 310 g/mol. The fraction of sp³-hybridized carbons (Fsp3) is 0.588. The molecule has 0 spiro atoms. The van der Waals surface area contributed by atoms with E-state index < -0.39 is 0 Å². The van der Waals surface area contributed by atoms with E-state index in [1.165, 1.54) is 6.42 Å². The van der Waals surface area contributed by atoms with Crippen LogP contribution in [0.4, 0.5) is 0 Å².